The third-order valence-electron chi connectivity index (χ3n) is 4.36. The molecule has 0 radical (unpaired) electrons. The summed E-state index contributed by atoms with van der Waals surface area (Å²) in [4.78, 5) is 11.3. The molecule has 0 aliphatic heterocycles. The number of carbonyl (C=O) groups excluding carboxylic acids is 1. The normalized spacial score (nSPS) is 11.0. The SMILES string of the molecule is CCCCCCCCCCCCCCCCCC(=O)COC. The number of rotatable bonds is 18. The number of ketones is 1. The van der Waals surface area contributed by atoms with E-state index in [9.17, 15) is 4.79 Å². The molecule has 0 fully saturated rings. The summed E-state index contributed by atoms with van der Waals surface area (Å²) in [6, 6.07) is 0. The summed E-state index contributed by atoms with van der Waals surface area (Å²) in [5.74, 6) is 0.247. The second-order valence-corrected chi connectivity index (χ2v) is 6.67. The summed E-state index contributed by atoms with van der Waals surface area (Å²) in [6.45, 7) is 2.57. The van der Waals surface area contributed by atoms with Crippen molar-refractivity contribution in [3.8, 4) is 0 Å². The van der Waals surface area contributed by atoms with Crippen LogP contribution in [0.5, 0.6) is 0 Å². The highest BCUT2D eigenvalue weighted by atomic mass is 16.5. The van der Waals surface area contributed by atoms with Crippen LogP contribution < -0.4 is 0 Å². The lowest BCUT2D eigenvalue weighted by atomic mass is 10.0. The first kappa shape index (κ1) is 21.6. The van der Waals surface area contributed by atoms with Crippen LogP contribution in [0.15, 0.2) is 0 Å². The Morgan fingerprint density at radius 3 is 1.36 bits per heavy atom. The third-order valence-corrected chi connectivity index (χ3v) is 4.36. The Morgan fingerprint density at radius 1 is 0.636 bits per heavy atom. The van der Waals surface area contributed by atoms with Gasteiger partial charge in [-0.25, -0.2) is 0 Å². The topological polar surface area (TPSA) is 26.3 Å². The van der Waals surface area contributed by atoms with Gasteiger partial charge in [-0.05, 0) is 6.42 Å². The Labute approximate surface area is 139 Å². The van der Waals surface area contributed by atoms with Crippen LogP contribution in [-0.2, 0) is 9.53 Å². The van der Waals surface area contributed by atoms with Gasteiger partial charge in [-0.3, -0.25) is 4.79 Å². The molecule has 0 rings (SSSR count). The molecule has 132 valence electrons. The van der Waals surface area contributed by atoms with Crippen molar-refractivity contribution in [2.45, 2.75) is 110 Å². The fraction of sp³-hybridized carbons (Fsp3) is 0.950. The van der Waals surface area contributed by atoms with Crippen LogP contribution in [0.1, 0.15) is 110 Å². The summed E-state index contributed by atoms with van der Waals surface area (Å²) in [5.41, 5.74) is 0. The van der Waals surface area contributed by atoms with Crippen LogP contribution in [0, 0.1) is 0 Å². The number of methoxy groups -OCH3 is 1. The van der Waals surface area contributed by atoms with E-state index in [1.165, 1.54) is 89.9 Å². The Kier molecular flexibility index (Phi) is 18.4. The first-order chi connectivity index (χ1) is 10.8. The van der Waals surface area contributed by atoms with Crippen molar-refractivity contribution in [3.05, 3.63) is 0 Å². The van der Waals surface area contributed by atoms with Gasteiger partial charge in [-0.2, -0.15) is 0 Å². The molecular formula is C20H40O2. The predicted octanol–water partition coefficient (Wildman–Crippen LogP) is 6.46. The van der Waals surface area contributed by atoms with Gasteiger partial charge in [0.25, 0.3) is 0 Å². The minimum Gasteiger partial charge on any atom is -0.377 e. The van der Waals surface area contributed by atoms with Crippen molar-refractivity contribution < 1.29 is 9.53 Å². The van der Waals surface area contributed by atoms with Crippen LogP contribution in [0.2, 0.25) is 0 Å². The molecule has 0 N–H and O–H groups in total. The van der Waals surface area contributed by atoms with Crippen molar-refractivity contribution in [2.75, 3.05) is 13.7 Å². The molecule has 2 heteroatoms. The van der Waals surface area contributed by atoms with Crippen molar-refractivity contribution in [1.82, 2.24) is 0 Å². The van der Waals surface area contributed by atoms with Gasteiger partial charge < -0.3 is 4.74 Å². The molecule has 0 saturated carbocycles. The molecule has 0 spiro atoms. The molecule has 0 aliphatic rings. The number of hydrogen-bond donors (Lipinski definition) is 0. The van der Waals surface area contributed by atoms with E-state index in [0.717, 1.165) is 6.42 Å². The smallest absolute Gasteiger partial charge is 0.158 e. The van der Waals surface area contributed by atoms with Crippen LogP contribution in [0.3, 0.4) is 0 Å². The first-order valence-electron chi connectivity index (χ1n) is 9.82. The Hall–Kier alpha value is -0.370. The van der Waals surface area contributed by atoms with Gasteiger partial charge in [-0.1, -0.05) is 96.8 Å². The van der Waals surface area contributed by atoms with Crippen molar-refractivity contribution >= 4 is 5.78 Å². The number of Topliss-reactive ketones (excluding diaryl/α,β-unsaturated/α-hetero) is 1. The summed E-state index contributed by atoms with van der Waals surface area (Å²) in [7, 11) is 1.59. The van der Waals surface area contributed by atoms with Crippen molar-refractivity contribution in [1.29, 1.82) is 0 Å². The highest BCUT2D eigenvalue weighted by Crippen LogP contribution is 2.13. The molecule has 0 aromatic carbocycles. The van der Waals surface area contributed by atoms with E-state index < -0.39 is 0 Å². The maximum Gasteiger partial charge on any atom is 0.158 e. The zero-order chi connectivity index (χ0) is 16.3. The summed E-state index contributed by atoms with van der Waals surface area (Å²) in [6.07, 6.45) is 21.2. The molecule has 0 bridgehead atoms. The predicted molar refractivity (Wildman–Crippen MR) is 96.4 cm³/mol. The van der Waals surface area contributed by atoms with Crippen LogP contribution in [0.25, 0.3) is 0 Å². The molecular weight excluding hydrogens is 272 g/mol. The zero-order valence-electron chi connectivity index (χ0n) is 15.3. The summed E-state index contributed by atoms with van der Waals surface area (Å²) in [5, 5.41) is 0. The monoisotopic (exact) mass is 312 g/mol. The van der Waals surface area contributed by atoms with Crippen molar-refractivity contribution in [3.63, 3.8) is 0 Å². The van der Waals surface area contributed by atoms with E-state index in [1.807, 2.05) is 0 Å². The zero-order valence-corrected chi connectivity index (χ0v) is 15.3. The second-order valence-electron chi connectivity index (χ2n) is 6.67. The second kappa shape index (κ2) is 18.7. The van der Waals surface area contributed by atoms with Crippen LogP contribution >= 0.6 is 0 Å². The average molecular weight is 313 g/mol. The van der Waals surface area contributed by atoms with Crippen LogP contribution in [0.4, 0.5) is 0 Å². The molecule has 0 atom stereocenters. The minimum atomic E-state index is 0.247. The maximum atomic E-state index is 11.3. The molecule has 0 unspecified atom stereocenters. The average Bonchev–Trinajstić information content (AvgIpc) is 2.51. The van der Waals surface area contributed by atoms with Crippen LogP contribution in [-0.4, -0.2) is 19.5 Å². The molecule has 0 saturated heterocycles. The largest absolute Gasteiger partial charge is 0.377 e. The summed E-state index contributed by atoms with van der Waals surface area (Å²) >= 11 is 0. The third kappa shape index (κ3) is 17.7. The number of ether oxygens (including phenoxy) is 1. The lowest BCUT2D eigenvalue weighted by Crippen LogP contribution is -2.05. The van der Waals surface area contributed by atoms with E-state index >= 15 is 0 Å². The lowest BCUT2D eigenvalue weighted by Gasteiger charge is -2.03. The Morgan fingerprint density at radius 2 is 1.00 bits per heavy atom. The van der Waals surface area contributed by atoms with Gasteiger partial charge in [0, 0.05) is 13.5 Å². The maximum absolute atomic E-state index is 11.3. The Bertz CT molecular complexity index is 226. The molecule has 0 aromatic rings. The standard InChI is InChI=1S/C20H40O2/c1-3-4-5-6-7-8-9-10-11-12-13-14-15-16-17-18-20(21)19-22-2/h3-19H2,1-2H3. The summed E-state index contributed by atoms with van der Waals surface area (Å²) < 4.78 is 4.83. The van der Waals surface area contributed by atoms with E-state index in [1.54, 1.807) is 7.11 Å². The molecule has 0 amide bonds. The number of carbonyl (C=O) groups is 1. The molecule has 0 heterocycles. The molecule has 2 nitrogen and oxygen atoms in total. The minimum absolute atomic E-state index is 0.247. The van der Waals surface area contributed by atoms with Crippen molar-refractivity contribution in [2.24, 2.45) is 0 Å². The fourth-order valence-corrected chi connectivity index (χ4v) is 2.93. The highest BCUT2D eigenvalue weighted by Gasteiger charge is 2.00. The van der Waals surface area contributed by atoms with E-state index in [-0.39, 0.29) is 5.78 Å². The van der Waals surface area contributed by atoms with Gasteiger partial charge in [-0.15, -0.1) is 0 Å². The molecule has 0 aliphatic carbocycles. The van der Waals surface area contributed by atoms with E-state index in [0.29, 0.717) is 13.0 Å². The molecule has 22 heavy (non-hydrogen) atoms. The molecule has 0 aromatic heterocycles. The number of hydrogen-bond acceptors (Lipinski definition) is 2. The highest BCUT2D eigenvalue weighted by molar-refractivity contribution is 5.79. The van der Waals surface area contributed by atoms with Gasteiger partial charge in [0.15, 0.2) is 5.78 Å². The van der Waals surface area contributed by atoms with Gasteiger partial charge in [0.2, 0.25) is 0 Å². The lowest BCUT2D eigenvalue weighted by molar-refractivity contribution is -0.122. The van der Waals surface area contributed by atoms with Gasteiger partial charge in [0.1, 0.15) is 6.61 Å². The van der Waals surface area contributed by atoms with Gasteiger partial charge >= 0.3 is 0 Å². The van der Waals surface area contributed by atoms with E-state index in [2.05, 4.69) is 6.92 Å². The Balaban J connectivity index is 3.01. The fourth-order valence-electron chi connectivity index (χ4n) is 2.93. The first-order valence-corrected chi connectivity index (χ1v) is 9.82. The quantitative estimate of drug-likeness (QED) is 0.271. The van der Waals surface area contributed by atoms with Gasteiger partial charge in [0.05, 0.1) is 0 Å². The number of unbranched alkanes of at least 4 members (excludes halogenated alkanes) is 14. The van der Waals surface area contributed by atoms with E-state index in [4.69, 9.17) is 4.74 Å².